The van der Waals surface area contributed by atoms with E-state index in [9.17, 15) is 0 Å². The van der Waals surface area contributed by atoms with Crippen molar-refractivity contribution in [2.45, 2.75) is 73.4 Å². The van der Waals surface area contributed by atoms with Crippen LogP contribution in [-0.4, -0.2) is 49.1 Å². The van der Waals surface area contributed by atoms with Crippen LogP contribution in [0.15, 0.2) is 30.7 Å². The van der Waals surface area contributed by atoms with E-state index in [0.717, 1.165) is 32.7 Å². The van der Waals surface area contributed by atoms with Gasteiger partial charge < -0.3 is 9.13 Å². The fourth-order valence-corrected chi connectivity index (χ4v) is 3.41. The van der Waals surface area contributed by atoms with E-state index in [-0.39, 0.29) is 7.43 Å². The summed E-state index contributed by atoms with van der Waals surface area (Å²) in [6, 6.07) is 5.66. The zero-order valence-electron chi connectivity index (χ0n) is 15.5. The van der Waals surface area contributed by atoms with Crippen molar-refractivity contribution in [1.29, 1.82) is 0 Å². The first-order valence-electron chi connectivity index (χ1n) is 9.16. The molecule has 2 aliphatic heterocycles. The summed E-state index contributed by atoms with van der Waals surface area (Å²) in [5.41, 5.74) is 1.45. The van der Waals surface area contributed by atoms with Gasteiger partial charge in [-0.2, -0.15) is 0 Å². The van der Waals surface area contributed by atoms with Crippen LogP contribution in [0.4, 0.5) is 0 Å². The molecule has 0 aliphatic carbocycles. The van der Waals surface area contributed by atoms with Gasteiger partial charge in [0.15, 0.2) is 0 Å². The summed E-state index contributed by atoms with van der Waals surface area (Å²) >= 11 is 0. The van der Waals surface area contributed by atoms with Gasteiger partial charge in [0.25, 0.3) is 0 Å². The Kier molecular flexibility index (Phi) is 6.85. The lowest BCUT2D eigenvalue weighted by Gasteiger charge is -2.31. The molecule has 5 heteroatoms. The van der Waals surface area contributed by atoms with Crippen LogP contribution in [0, 0.1) is 0 Å². The number of hydrogen-bond donors (Lipinski definition) is 0. The quantitative estimate of drug-likeness (QED) is 0.835. The third kappa shape index (κ3) is 4.73. The summed E-state index contributed by atoms with van der Waals surface area (Å²) in [5.74, 6) is 1.20. The van der Waals surface area contributed by atoms with Crippen molar-refractivity contribution in [2.24, 2.45) is 0 Å². The van der Waals surface area contributed by atoms with Crippen LogP contribution in [0.3, 0.4) is 0 Å². The molecule has 0 saturated carbocycles. The molecule has 140 valence electrons. The van der Waals surface area contributed by atoms with E-state index in [0.29, 0.717) is 12.1 Å². The predicted octanol–water partition coefficient (Wildman–Crippen LogP) is 3.46. The average Bonchev–Trinajstić information content (AvgIpc) is 3.22. The number of imidazole rings is 1. The molecule has 0 fully saturated rings. The molecule has 0 aromatic carbocycles. The Morgan fingerprint density at radius 1 is 0.840 bits per heavy atom. The number of fused-ring (bicyclic) bond motifs is 2. The summed E-state index contributed by atoms with van der Waals surface area (Å²) < 4.78 is 4.58. The highest BCUT2D eigenvalue weighted by atomic mass is 15.2. The highest BCUT2D eigenvalue weighted by Gasteiger charge is 2.18. The molecule has 5 nitrogen and oxygen atoms in total. The maximum absolute atomic E-state index is 4.31. The monoisotopic (exact) mass is 345 g/mol. The van der Waals surface area contributed by atoms with Gasteiger partial charge in [0, 0.05) is 69.1 Å². The van der Waals surface area contributed by atoms with Gasteiger partial charge in [-0.1, -0.05) is 7.43 Å². The maximum Gasteiger partial charge on any atom is 0.122 e. The van der Waals surface area contributed by atoms with Crippen molar-refractivity contribution in [1.82, 2.24) is 23.9 Å². The summed E-state index contributed by atoms with van der Waals surface area (Å²) in [5, 5.41) is 0. The predicted molar refractivity (Wildman–Crippen MR) is 104 cm³/mol. The third-order valence-corrected chi connectivity index (χ3v) is 5.15. The molecule has 25 heavy (non-hydrogen) atoms. The second-order valence-electron chi connectivity index (χ2n) is 7.36. The largest absolute Gasteiger partial charge is 0.349 e. The fraction of sp³-hybridized carbons (Fsp3) is 0.650. The summed E-state index contributed by atoms with van der Waals surface area (Å²) in [6.07, 6.45) is 6.12. The van der Waals surface area contributed by atoms with Gasteiger partial charge in [-0.15, -0.1) is 0 Å². The van der Waals surface area contributed by atoms with Crippen LogP contribution in [0.1, 0.15) is 46.6 Å². The van der Waals surface area contributed by atoms with Gasteiger partial charge in [-0.05, 0) is 39.8 Å². The second kappa shape index (κ2) is 8.68. The molecule has 0 amide bonds. The molecule has 0 spiro atoms. The normalized spacial score (nSPS) is 17.5. The van der Waals surface area contributed by atoms with Crippen LogP contribution >= 0.6 is 0 Å². The van der Waals surface area contributed by atoms with Gasteiger partial charge >= 0.3 is 0 Å². The lowest BCUT2D eigenvalue weighted by molar-refractivity contribution is 0.173. The average molecular weight is 346 g/mol. The molecule has 4 rings (SSSR count). The zero-order valence-corrected chi connectivity index (χ0v) is 15.5. The topological polar surface area (TPSA) is 29.2 Å². The van der Waals surface area contributed by atoms with Crippen molar-refractivity contribution in [3.05, 3.63) is 42.2 Å². The highest BCUT2D eigenvalue weighted by Crippen LogP contribution is 2.14. The SMILES string of the molecule is C.CC(C)N1CCn2cccc2C1.CC(C)N1CCn2ccnc2C1. The smallest absolute Gasteiger partial charge is 0.122 e. The number of nitrogens with zero attached hydrogens (tertiary/aromatic N) is 5. The van der Waals surface area contributed by atoms with E-state index >= 15 is 0 Å². The van der Waals surface area contributed by atoms with Crippen LogP contribution in [0.5, 0.6) is 0 Å². The summed E-state index contributed by atoms with van der Waals surface area (Å²) in [7, 11) is 0. The molecule has 0 saturated heterocycles. The molecule has 2 aromatic heterocycles. The molecule has 4 heterocycles. The zero-order chi connectivity index (χ0) is 17.1. The van der Waals surface area contributed by atoms with Gasteiger partial charge in [0.2, 0.25) is 0 Å². The van der Waals surface area contributed by atoms with Crippen molar-refractivity contribution in [2.75, 3.05) is 13.1 Å². The van der Waals surface area contributed by atoms with Crippen LogP contribution in [0.2, 0.25) is 0 Å². The molecule has 0 unspecified atom stereocenters. The van der Waals surface area contributed by atoms with Gasteiger partial charge in [-0.25, -0.2) is 4.98 Å². The summed E-state index contributed by atoms with van der Waals surface area (Å²) in [4.78, 5) is 9.27. The van der Waals surface area contributed by atoms with Crippen LogP contribution in [-0.2, 0) is 26.2 Å². The Bertz CT molecular complexity index is 584. The second-order valence-corrected chi connectivity index (χ2v) is 7.36. The van der Waals surface area contributed by atoms with E-state index in [4.69, 9.17) is 0 Å². The van der Waals surface area contributed by atoms with E-state index in [2.05, 4.69) is 76.1 Å². The van der Waals surface area contributed by atoms with E-state index < -0.39 is 0 Å². The Labute approximate surface area is 153 Å². The Hall–Kier alpha value is -1.59. The molecular weight excluding hydrogens is 310 g/mol. The number of aromatic nitrogens is 3. The molecule has 0 radical (unpaired) electrons. The number of rotatable bonds is 2. The molecule has 0 N–H and O–H groups in total. The standard InChI is InChI=1S/C10H16N2.C9H15N3.CH4/c1-9(2)12-7-6-11-5-3-4-10(11)8-12;1-8(2)12-6-5-11-4-3-10-9(11)7-12;/h3-5,9H,6-8H2,1-2H3;3-4,8H,5-7H2,1-2H3;1H4. The molecule has 2 aromatic rings. The third-order valence-electron chi connectivity index (χ3n) is 5.15. The summed E-state index contributed by atoms with van der Waals surface area (Å²) in [6.45, 7) is 15.7. The van der Waals surface area contributed by atoms with Gasteiger partial charge in [0.05, 0.1) is 6.54 Å². The first-order valence-corrected chi connectivity index (χ1v) is 9.16. The van der Waals surface area contributed by atoms with E-state index in [1.54, 1.807) is 0 Å². The maximum atomic E-state index is 4.31. The van der Waals surface area contributed by atoms with Crippen molar-refractivity contribution < 1.29 is 0 Å². The van der Waals surface area contributed by atoms with Crippen molar-refractivity contribution >= 4 is 0 Å². The first-order chi connectivity index (χ1) is 11.5. The Morgan fingerprint density at radius 2 is 1.48 bits per heavy atom. The number of hydrogen-bond acceptors (Lipinski definition) is 3. The minimum Gasteiger partial charge on any atom is -0.349 e. The lowest BCUT2D eigenvalue weighted by Crippen LogP contribution is -2.38. The van der Waals surface area contributed by atoms with Crippen molar-refractivity contribution in [3.63, 3.8) is 0 Å². The van der Waals surface area contributed by atoms with E-state index in [1.165, 1.54) is 18.1 Å². The lowest BCUT2D eigenvalue weighted by atomic mass is 10.2. The molecular formula is C20H35N5. The molecule has 2 aliphatic rings. The first kappa shape index (κ1) is 19.7. The fourth-order valence-electron chi connectivity index (χ4n) is 3.41. The molecule has 0 bridgehead atoms. The Balaban J connectivity index is 0.000000173. The Morgan fingerprint density at radius 3 is 2.16 bits per heavy atom. The van der Waals surface area contributed by atoms with E-state index in [1.807, 2.05) is 6.20 Å². The minimum absolute atomic E-state index is 0. The van der Waals surface area contributed by atoms with Crippen LogP contribution in [0.25, 0.3) is 0 Å². The molecule has 0 atom stereocenters. The minimum atomic E-state index is 0. The van der Waals surface area contributed by atoms with Crippen molar-refractivity contribution in [3.8, 4) is 0 Å². The van der Waals surface area contributed by atoms with Gasteiger partial charge in [0.1, 0.15) is 5.82 Å². The highest BCUT2D eigenvalue weighted by molar-refractivity contribution is 5.09. The van der Waals surface area contributed by atoms with Gasteiger partial charge in [-0.3, -0.25) is 9.80 Å². The van der Waals surface area contributed by atoms with Crippen LogP contribution < -0.4 is 0 Å².